The molecule has 33 heavy (non-hydrogen) atoms. The fraction of sp³-hybridized carbons (Fsp3) is 0.375. The molecule has 0 aliphatic carbocycles. The van der Waals surface area contributed by atoms with Gasteiger partial charge in [0.15, 0.2) is 5.76 Å². The highest BCUT2D eigenvalue weighted by Gasteiger charge is 2.50. The summed E-state index contributed by atoms with van der Waals surface area (Å²) in [6, 6.07) is 10.3. The molecule has 1 aromatic carbocycles. The molecule has 1 atom stereocenters. The average Bonchev–Trinajstić information content (AvgIpc) is 3.42. The van der Waals surface area contributed by atoms with Crippen molar-refractivity contribution >= 4 is 17.5 Å². The van der Waals surface area contributed by atoms with Crippen molar-refractivity contribution in [1.29, 1.82) is 0 Å². The zero-order chi connectivity index (χ0) is 24.0. The lowest BCUT2D eigenvalue weighted by atomic mass is 9.92. The Kier molecular flexibility index (Phi) is 5.43. The van der Waals surface area contributed by atoms with Crippen molar-refractivity contribution in [3.8, 4) is 23.0 Å². The van der Waals surface area contributed by atoms with Gasteiger partial charge in [0.25, 0.3) is 5.91 Å². The minimum atomic E-state index is -1.29. The lowest BCUT2D eigenvalue weighted by Gasteiger charge is -2.44. The molecule has 0 radical (unpaired) electrons. The van der Waals surface area contributed by atoms with Gasteiger partial charge in [-0.15, -0.1) is 0 Å². The number of nitrogens with one attached hydrogen (secondary N) is 1. The van der Waals surface area contributed by atoms with Gasteiger partial charge in [0.1, 0.15) is 28.4 Å². The van der Waals surface area contributed by atoms with Crippen LogP contribution in [0.4, 0.5) is 5.69 Å². The van der Waals surface area contributed by atoms with E-state index in [1.54, 1.807) is 61.4 Å². The van der Waals surface area contributed by atoms with Crippen LogP contribution in [0.5, 0.6) is 11.5 Å². The van der Waals surface area contributed by atoms with Gasteiger partial charge >= 0.3 is 0 Å². The molecule has 174 valence electrons. The minimum Gasteiger partial charge on any atom is -0.497 e. The van der Waals surface area contributed by atoms with E-state index < -0.39 is 11.1 Å². The molecule has 0 spiro atoms. The van der Waals surface area contributed by atoms with E-state index in [2.05, 4.69) is 10.4 Å². The van der Waals surface area contributed by atoms with Crippen LogP contribution in [0.15, 0.2) is 47.1 Å². The second kappa shape index (κ2) is 7.99. The van der Waals surface area contributed by atoms with Crippen LogP contribution in [0.3, 0.4) is 0 Å². The number of ether oxygens (including phenoxy) is 2. The van der Waals surface area contributed by atoms with Crippen LogP contribution in [0.25, 0.3) is 11.5 Å². The molecular weight excluding hydrogens is 424 g/mol. The second-order valence-electron chi connectivity index (χ2n) is 9.21. The molecular formula is C24H28N4O5. The van der Waals surface area contributed by atoms with E-state index in [-0.39, 0.29) is 18.4 Å². The van der Waals surface area contributed by atoms with Crippen molar-refractivity contribution in [2.75, 3.05) is 19.1 Å². The number of amides is 2. The van der Waals surface area contributed by atoms with Crippen LogP contribution < -0.4 is 19.7 Å². The number of carbonyl (C=O) groups is 2. The number of methoxy groups -OCH3 is 2. The van der Waals surface area contributed by atoms with Crippen LogP contribution in [0.1, 0.15) is 38.2 Å². The topological polar surface area (TPSA) is 98.8 Å². The van der Waals surface area contributed by atoms with Gasteiger partial charge in [0, 0.05) is 17.7 Å². The third-order valence-corrected chi connectivity index (χ3v) is 5.53. The maximum atomic E-state index is 13.9. The molecule has 0 saturated heterocycles. The first-order valence-corrected chi connectivity index (χ1v) is 10.6. The third kappa shape index (κ3) is 3.94. The first kappa shape index (κ1) is 22.4. The number of anilines is 1. The molecule has 0 fully saturated rings. The van der Waals surface area contributed by atoms with Gasteiger partial charge in [-0.1, -0.05) is 0 Å². The number of aromatic nitrogens is 2. The number of carbonyl (C=O) groups excluding carboxylic acids is 2. The fourth-order valence-corrected chi connectivity index (χ4v) is 3.95. The van der Waals surface area contributed by atoms with E-state index in [0.29, 0.717) is 34.3 Å². The van der Waals surface area contributed by atoms with E-state index in [9.17, 15) is 9.59 Å². The number of rotatable bonds is 5. The molecule has 0 bridgehead atoms. The summed E-state index contributed by atoms with van der Waals surface area (Å²) in [5.74, 6) is 0.852. The molecule has 1 N–H and O–H groups in total. The number of hydrogen-bond acceptors (Lipinski definition) is 6. The Hall–Kier alpha value is -3.75. The second-order valence-corrected chi connectivity index (χ2v) is 9.21. The van der Waals surface area contributed by atoms with Gasteiger partial charge < -0.3 is 19.2 Å². The van der Waals surface area contributed by atoms with Gasteiger partial charge in [0.2, 0.25) is 5.91 Å². The number of furan rings is 1. The van der Waals surface area contributed by atoms with Crippen LogP contribution in [0, 0.1) is 0 Å². The molecule has 0 unspecified atom stereocenters. The SMILES string of the molecule is COc1ccc(N2C(=O)c3cc(-c4ccco4)nn3C[C@@]2(C)C(=O)NC(C)(C)C)c(OC)c1. The summed E-state index contributed by atoms with van der Waals surface area (Å²) in [7, 11) is 3.06. The number of fused-ring (bicyclic) bond motifs is 1. The summed E-state index contributed by atoms with van der Waals surface area (Å²) in [6.07, 6.45) is 1.55. The molecule has 2 aromatic heterocycles. The molecule has 2 amide bonds. The van der Waals surface area contributed by atoms with Gasteiger partial charge in [0.05, 0.1) is 32.7 Å². The average molecular weight is 453 g/mol. The Morgan fingerprint density at radius 2 is 1.94 bits per heavy atom. The summed E-state index contributed by atoms with van der Waals surface area (Å²) in [6.45, 7) is 7.56. The van der Waals surface area contributed by atoms with Crippen molar-refractivity contribution in [3.05, 3.63) is 48.4 Å². The summed E-state index contributed by atoms with van der Waals surface area (Å²) in [5, 5.41) is 7.58. The Bertz CT molecular complexity index is 1190. The lowest BCUT2D eigenvalue weighted by Crippen LogP contribution is -2.66. The zero-order valence-electron chi connectivity index (χ0n) is 19.6. The Balaban J connectivity index is 1.88. The summed E-state index contributed by atoms with van der Waals surface area (Å²) >= 11 is 0. The number of nitrogens with zero attached hydrogens (tertiary/aromatic N) is 3. The molecule has 9 nitrogen and oxygen atoms in total. The molecule has 3 heterocycles. The van der Waals surface area contributed by atoms with Crippen LogP contribution in [-0.2, 0) is 11.3 Å². The highest BCUT2D eigenvalue weighted by molar-refractivity contribution is 6.13. The predicted octanol–water partition coefficient (Wildman–Crippen LogP) is 3.49. The van der Waals surface area contributed by atoms with Gasteiger partial charge in [-0.2, -0.15) is 5.10 Å². The Morgan fingerprint density at radius 3 is 2.55 bits per heavy atom. The van der Waals surface area contributed by atoms with Crippen molar-refractivity contribution in [2.45, 2.75) is 45.3 Å². The predicted molar refractivity (Wildman–Crippen MR) is 123 cm³/mol. The fourth-order valence-electron chi connectivity index (χ4n) is 3.95. The largest absolute Gasteiger partial charge is 0.497 e. The highest BCUT2D eigenvalue weighted by atomic mass is 16.5. The van der Waals surface area contributed by atoms with Crippen molar-refractivity contribution in [3.63, 3.8) is 0 Å². The normalized spacial score (nSPS) is 18.1. The highest BCUT2D eigenvalue weighted by Crippen LogP contribution is 2.40. The minimum absolute atomic E-state index is 0.145. The Morgan fingerprint density at radius 1 is 1.18 bits per heavy atom. The summed E-state index contributed by atoms with van der Waals surface area (Å²) in [5.41, 5.74) is -0.457. The molecule has 1 aliphatic heterocycles. The smallest absolute Gasteiger partial charge is 0.277 e. The first-order valence-electron chi connectivity index (χ1n) is 10.6. The van der Waals surface area contributed by atoms with Gasteiger partial charge in [-0.05, 0) is 52.0 Å². The van der Waals surface area contributed by atoms with Crippen molar-refractivity contribution < 1.29 is 23.5 Å². The van der Waals surface area contributed by atoms with E-state index in [0.717, 1.165) is 0 Å². The summed E-state index contributed by atoms with van der Waals surface area (Å²) in [4.78, 5) is 29.0. The number of hydrogen-bond donors (Lipinski definition) is 1. The van der Waals surface area contributed by atoms with E-state index in [4.69, 9.17) is 13.9 Å². The molecule has 4 rings (SSSR count). The first-order chi connectivity index (χ1) is 15.6. The van der Waals surface area contributed by atoms with Crippen LogP contribution >= 0.6 is 0 Å². The van der Waals surface area contributed by atoms with Crippen LogP contribution in [0.2, 0.25) is 0 Å². The Labute approximate surface area is 192 Å². The lowest BCUT2D eigenvalue weighted by molar-refractivity contribution is -0.128. The molecule has 0 saturated carbocycles. The third-order valence-electron chi connectivity index (χ3n) is 5.53. The number of benzene rings is 1. The monoisotopic (exact) mass is 452 g/mol. The van der Waals surface area contributed by atoms with Gasteiger partial charge in [-0.25, -0.2) is 0 Å². The quantitative estimate of drug-likeness (QED) is 0.636. The van der Waals surface area contributed by atoms with Gasteiger partial charge in [-0.3, -0.25) is 19.2 Å². The zero-order valence-corrected chi connectivity index (χ0v) is 19.6. The summed E-state index contributed by atoms with van der Waals surface area (Å²) < 4.78 is 17.9. The van der Waals surface area contributed by atoms with Crippen LogP contribution in [-0.4, -0.2) is 46.9 Å². The molecule has 1 aliphatic rings. The van der Waals surface area contributed by atoms with E-state index >= 15 is 0 Å². The standard InChI is InChI=1S/C24H28N4O5/c1-23(2,3)25-22(30)24(4)14-27-18(13-16(26-27)19-8-7-11-33-19)21(29)28(24)17-10-9-15(31-5)12-20(17)32-6/h7-13H,14H2,1-6H3,(H,25,30)/t24-/m0/s1. The van der Waals surface area contributed by atoms with E-state index in [1.807, 2.05) is 20.8 Å². The molecule has 9 heteroatoms. The van der Waals surface area contributed by atoms with E-state index in [1.165, 1.54) is 12.0 Å². The van der Waals surface area contributed by atoms with Crippen molar-refractivity contribution in [2.24, 2.45) is 0 Å². The van der Waals surface area contributed by atoms with Crippen molar-refractivity contribution in [1.82, 2.24) is 15.1 Å². The maximum Gasteiger partial charge on any atom is 0.277 e. The maximum absolute atomic E-state index is 13.9. The molecule has 3 aromatic rings.